The summed E-state index contributed by atoms with van der Waals surface area (Å²) in [6, 6.07) is 4.29. The van der Waals surface area contributed by atoms with Crippen LogP contribution >= 0.6 is 12.6 Å². The third-order valence-corrected chi connectivity index (χ3v) is 8.77. The van der Waals surface area contributed by atoms with Crippen LogP contribution in [-0.2, 0) is 17.1 Å². The molecule has 0 bridgehead atoms. The lowest BCUT2D eigenvalue weighted by Gasteiger charge is -2.33. The molecular weight excluding hydrogens is 595 g/mol. The number of halogens is 3. The molecule has 0 aromatic carbocycles. The van der Waals surface area contributed by atoms with E-state index in [1.54, 1.807) is 7.05 Å². The predicted octanol–water partition coefficient (Wildman–Crippen LogP) is 4.07. The van der Waals surface area contributed by atoms with E-state index < -0.39 is 44.4 Å². The zero-order valence-corrected chi connectivity index (χ0v) is 26.0. The number of aromatic nitrogens is 5. The molecule has 4 heterocycles. The molecule has 3 aromatic rings. The van der Waals surface area contributed by atoms with Crippen LogP contribution < -0.4 is 14.4 Å². The van der Waals surface area contributed by atoms with E-state index in [-0.39, 0.29) is 33.7 Å². The molecule has 1 aliphatic rings. The SMILES string of the molecule is Cc1nn(C)cc1S(=O)(=O)NC(=O)c1ccc(-n2ccc(OCC(C)(C)C(F)(F)F)n2)nc1N1C[C@](C)(S)CC1(C)C. The van der Waals surface area contributed by atoms with E-state index in [0.717, 1.165) is 13.8 Å². The molecule has 3 aromatic heterocycles. The number of anilines is 1. The van der Waals surface area contributed by atoms with Crippen molar-refractivity contribution in [3.05, 3.63) is 41.9 Å². The van der Waals surface area contributed by atoms with Gasteiger partial charge in [0.1, 0.15) is 17.3 Å². The topological polar surface area (TPSA) is 124 Å². The molecule has 1 amide bonds. The van der Waals surface area contributed by atoms with Gasteiger partial charge < -0.3 is 9.64 Å². The highest BCUT2D eigenvalue weighted by Crippen LogP contribution is 2.43. The van der Waals surface area contributed by atoms with Crippen LogP contribution in [-0.4, -0.2) is 68.5 Å². The third-order valence-electron chi connectivity index (χ3n) is 7.04. The van der Waals surface area contributed by atoms with Crippen molar-refractivity contribution in [2.24, 2.45) is 12.5 Å². The van der Waals surface area contributed by atoms with Crippen molar-refractivity contribution in [1.82, 2.24) is 29.3 Å². The Bertz CT molecular complexity index is 1610. The van der Waals surface area contributed by atoms with Crippen LogP contribution in [0.5, 0.6) is 5.88 Å². The van der Waals surface area contributed by atoms with Crippen molar-refractivity contribution < 1.29 is 31.1 Å². The summed E-state index contributed by atoms with van der Waals surface area (Å²) in [6.07, 6.45) is -1.06. The van der Waals surface area contributed by atoms with Gasteiger partial charge in [0.15, 0.2) is 5.82 Å². The van der Waals surface area contributed by atoms with Gasteiger partial charge in [-0.05, 0) is 60.1 Å². The van der Waals surface area contributed by atoms with Gasteiger partial charge in [0.25, 0.3) is 15.9 Å². The molecule has 1 N–H and O–H groups in total. The van der Waals surface area contributed by atoms with Crippen molar-refractivity contribution in [2.75, 3.05) is 18.1 Å². The lowest BCUT2D eigenvalue weighted by molar-refractivity contribution is -0.219. The Kier molecular flexibility index (Phi) is 7.89. The number of nitrogens with zero attached hydrogens (tertiary/aromatic N) is 6. The van der Waals surface area contributed by atoms with Gasteiger partial charge in [-0.2, -0.15) is 30.9 Å². The van der Waals surface area contributed by atoms with Gasteiger partial charge in [-0.3, -0.25) is 9.48 Å². The Balaban J connectivity index is 1.70. The van der Waals surface area contributed by atoms with Crippen LogP contribution in [0.4, 0.5) is 19.0 Å². The molecule has 4 rings (SSSR count). The molecule has 1 saturated heterocycles. The van der Waals surface area contributed by atoms with Crippen molar-refractivity contribution in [2.45, 2.75) is 69.3 Å². The number of sulfonamides is 1. The van der Waals surface area contributed by atoms with Gasteiger partial charge in [-0.1, -0.05) is 0 Å². The molecule has 230 valence electrons. The summed E-state index contributed by atoms with van der Waals surface area (Å²) in [6.45, 7) is 9.22. The van der Waals surface area contributed by atoms with Crippen molar-refractivity contribution in [3.63, 3.8) is 0 Å². The number of alkyl halides is 3. The quantitative estimate of drug-likeness (QED) is 0.358. The maximum Gasteiger partial charge on any atom is 0.397 e. The normalized spacial score (nSPS) is 19.3. The second kappa shape index (κ2) is 10.5. The fourth-order valence-corrected chi connectivity index (χ4v) is 6.58. The molecule has 0 saturated carbocycles. The second-order valence-electron chi connectivity index (χ2n) is 12.1. The smallest absolute Gasteiger partial charge is 0.397 e. The average molecular weight is 630 g/mol. The minimum Gasteiger partial charge on any atom is -0.476 e. The van der Waals surface area contributed by atoms with Crippen LogP contribution in [0.3, 0.4) is 0 Å². The van der Waals surface area contributed by atoms with Gasteiger partial charge in [0, 0.05) is 42.3 Å². The number of aryl methyl sites for hydroxylation is 2. The number of hydrogen-bond donors (Lipinski definition) is 2. The fraction of sp³-hybridized carbons (Fsp3) is 0.538. The van der Waals surface area contributed by atoms with E-state index >= 15 is 0 Å². The highest BCUT2D eigenvalue weighted by Gasteiger charge is 2.48. The fourth-order valence-electron chi connectivity index (χ4n) is 4.87. The number of pyridine rings is 1. The molecule has 0 aliphatic carbocycles. The summed E-state index contributed by atoms with van der Waals surface area (Å²) in [7, 11) is -2.68. The lowest BCUT2D eigenvalue weighted by Crippen LogP contribution is -2.41. The average Bonchev–Trinajstić information content (AvgIpc) is 3.51. The standard InChI is InChI=1S/C26H34F3N7O4S2/c1-16-18(12-34(7)31-16)42(38,39)33-22(37)17-8-9-19(30-21(17)35-14-25(6,41)13-24(35,4)5)36-11-10-20(32-36)40-15-23(2,3)26(27,28)29/h8-12,41H,13-15H2,1-7H3,(H,33,37)/t25-/m1/s1. The number of ether oxygens (including phenoxy) is 1. The second-order valence-corrected chi connectivity index (χ2v) is 14.8. The molecule has 11 nitrogen and oxygen atoms in total. The Hall–Kier alpha value is -3.27. The monoisotopic (exact) mass is 629 g/mol. The third kappa shape index (κ3) is 6.38. The molecule has 0 spiro atoms. The summed E-state index contributed by atoms with van der Waals surface area (Å²) in [5.74, 6) is -0.502. The molecular formula is C26H34F3N7O4S2. The summed E-state index contributed by atoms with van der Waals surface area (Å²) in [5.41, 5.74) is -2.38. The molecule has 16 heteroatoms. The summed E-state index contributed by atoms with van der Waals surface area (Å²) in [5, 5.41) is 8.25. The highest BCUT2D eigenvalue weighted by molar-refractivity contribution is 7.90. The predicted molar refractivity (Wildman–Crippen MR) is 153 cm³/mol. The largest absolute Gasteiger partial charge is 0.476 e. The van der Waals surface area contributed by atoms with Crippen molar-refractivity contribution >= 4 is 34.4 Å². The minimum atomic E-state index is -4.46. The van der Waals surface area contributed by atoms with Crippen molar-refractivity contribution in [3.8, 4) is 11.7 Å². The number of hydrogen-bond acceptors (Lipinski definition) is 9. The molecule has 1 aliphatic heterocycles. The number of nitrogens with one attached hydrogen (secondary N) is 1. The van der Waals surface area contributed by atoms with Gasteiger partial charge in [-0.25, -0.2) is 22.8 Å². The van der Waals surface area contributed by atoms with E-state index in [4.69, 9.17) is 17.4 Å². The maximum absolute atomic E-state index is 13.5. The first kappa shape index (κ1) is 31.7. The Morgan fingerprint density at radius 1 is 1.17 bits per heavy atom. The van der Waals surface area contributed by atoms with Crippen LogP contribution in [0.1, 0.15) is 57.1 Å². The van der Waals surface area contributed by atoms with Crippen LogP contribution in [0.25, 0.3) is 5.82 Å². The highest BCUT2D eigenvalue weighted by atomic mass is 32.2. The first-order valence-corrected chi connectivity index (χ1v) is 14.9. The minimum absolute atomic E-state index is 0.00136. The summed E-state index contributed by atoms with van der Waals surface area (Å²) >= 11 is 4.76. The number of amides is 1. The number of carbonyl (C=O) groups excluding carboxylic acids is 1. The van der Waals surface area contributed by atoms with Gasteiger partial charge in [-0.15, -0.1) is 5.10 Å². The Labute approximate surface area is 247 Å². The van der Waals surface area contributed by atoms with E-state index in [9.17, 15) is 26.4 Å². The maximum atomic E-state index is 13.5. The van der Waals surface area contributed by atoms with Gasteiger partial charge in [0.2, 0.25) is 5.88 Å². The molecule has 0 radical (unpaired) electrons. The number of thiol groups is 1. The summed E-state index contributed by atoms with van der Waals surface area (Å²) < 4.78 is 75.5. The van der Waals surface area contributed by atoms with Gasteiger partial charge in [0.05, 0.1) is 16.7 Å². The first-order valence-electron chi connectivity index (χ1n) is 13.0. The van der Waals surface area contributed by atoms with E-state index in [1.165, 1.54) is 46.9 Å². The molecule has 1 fully saturated rings. The van der Waals surface area contributed by atoms with E-state index in [2.05, 4.69) is 19.9 Å². The van der Waals surface area contributed by atoms with E-state index in [0.29, 0.717) is 13.0 Å². The van der Waals surface area contributed by atoms with Gasteiger partial charge >= 0.3 is 6.18 Å². The number of carbonyl (C=O) groups is 1. The molecule has 0 unspecified atom stereocenters. The van der Waals surface area contributed by atoms with Crippen LogP contribution in [0.2, 0.25) is 0 Å². The zero-order valence-electron chi connectivity index (χ0n) is 24.3. The Morgan fingerprint density at radius 2 is 1.83 bits per heavy atom. The van der Waals surface area contributed by atoms with Crippen LogP contribution in [0.15, 0.2) is 35.5 Å². The van der Waals surface area contributed by atoms with Crippen LogP contribution in [0, 0.1) is 12.3 Å². The Morgan fingerprint density at radius 3 is 2.38 bits per heavy atom. The summed E-state index contributed by atoms with van der Waals surface area (Å²) in [4.78, 5) is 19.9. The van der Waals surface area contributed by atoms with E-state index in [1.807, 2.05) is 25.7 Å². The lowest BCUT2D eigenvalue weighted by atomic mass is 9.94. The zero-order chi connectivity index (χ0) is 31.5. The van der Waals surface area contributed by atoms with Crippen molar-refractivity contribution in [1.29, 1.82) is 0 Å². The molecule has 42 heavy (non-hydrogen) atoms. The first-order chi connectivity index (χ1) is 19.1. The number of rotatable bonds is 8. The molecule has 1 atom stereocenters.